The smallest absolute Gasteiger partial charge is 0.165 e. The highest BCUT2D eigenvalue weighted by Crippen LogP contribution is 2.38. The van der Waals surface area contributed by atoms with Crippen LogP contribution in [0.2, 0.25) is 0 Å². The minimum atomic E-state index is -0.181. The molecule has 142 valence electrons. The molecule has 1 aliphatic carbocycles. The molecule has 0 aromatic heterocycles. The van der Waals surface area contributed by atoms with Gasteiger partial charge in [-0.15, -0.1) is 0 Å². The van der Waals surface area contributed by atoms with Crippen LogP contribution in [0, 0.1) is 11.7 Å². The number of hydrogen-bond donors (Lipinski definition) is 0. The monoisotopic (exact) mass is 348 g/mol. The summed E-state index contributed by atoms with van der Waals surface area (Å²) in [6.45, 7) is 5.11. The van der Waals surface area contributed by atoms with E-state index in [-0.39, 0.29) is 5.82 Å². The molecular formula is C23H37FO. The van der Waals surface area contributed by atoms with Crippen LogP contribution in [-0.2, 0) is 0 Å². The quantitative estimate of drug-likeness (QED) is 0.373. The van der Waals surface area contributed by atoms with E-state index in [1.807, 2.05) is 6.07 Å². The normalized spacial score (nSPS) is 20.6. The number of benzene rings is 1. The Morgan fingerprint density at radius 3 is 2.32 bits per heavy atom. The summed E-state index contributed by atoms with van der Waals surface area (Å²) >= 11 is 0. The molecule has 1 fully saturated rings. The first-order chi connectivity index (χ1) is 12.2. The van der Waals surface area contributed by atoms with Gasteiger partial charge in [-0.3, -0.25) is 0 Å². The van der Waals surface area contributed by atoms with Crippen molar-refractivity contribution in [3.8, 4) is 5.75 Å². The average molecular weight is 349 g/mol. The van der Waals surface area contributed by atoms with E-state index in [1.165, 1.54) is 76.2 Å². The molecule has 0 amide bonds. The lowest BCUT2D eigenvalue weighted by atomic mass is 9.77. The van der Waals surface area contributed by atoms with Gasteiger partial charge in [-0.25, -0.2) is 4.39 Å². The maximum Gasteiger partial charge on any atom is 0.165 e. The zero-order chi connectivity index (χ0) is 17.9. The first kappa shape index (κ1) is 20.3. The second kappa shape index (κ2) is 11.5. The molecule has 2 rings (SSSR count). The molecule has 2 heteroatoms. The van der Waals surface area contributed by atoms with Crippen LogP contribution in [0.5, 0.6) is 5.75 Å². The third-order valence-electron chi connectivity index (χ3n) is 5.75. The molecule has 25 heavy (non-hydrogen) atoms. The van der Waals surface area contributed by atoms with Crippen molar-refractivity contribution in [2.24, 2.45) is 5.92 Å². The first-order valence-corrected chi connectivity index (χ1v) is 10.7. The summed E-state index contributed by atoms with van der Waals surface area (Å²) < 4.78 is 20.0. The molecule has 0 bridgehead atoms. The van der Waals surface area contributed by atoms with Crippen molar-refractivity contribution in [2.75, 3.05) is 6.61 Å². The zero-order valence-corrected chi connectivity index (χ0v) is 16.4. The highest BCUT2D eigenvalue weighted by atomic mass is 19.1. The molecule has 0 N–H and O–H groups in total. The maximum atomic E-state index is 14.4. The number of ether oxygens (including phenoxy) is 1. The lowest BCUT2D eigenvalue weighted by Crippen LogP contribution is -2.13. The number of rotatable bonds is 11. The Bertz CT molecular complexity index is 477. The summed E-state index contributed by atoms with van der Waals surface area (Å²) in [4.78, 5) is 0. The van der Waals surface area contributed by atoms with E-state index in [9.17, 15) is 4.39 Å². The van der Waals surface area contributed by atoms with Crippen LogP contribution in [-0.4, -0.2) is 6.61 Å². The average Bonchev–Trinajstić information content (AvgIpc) is 2.64. The number of hydrogen-bond acceptors (Lipinski definition) is 1. The van der Waals surface area contributed by atoms with Gasteiger partial charge in [-0.1, -0.05) is 64.9 Å². The summed E-state index contributed by atoms with van der Waals surface area (Å²) in [6, 6.07) is 5.66. The van der Waals surface area contributed by atoms with Crippen molar-refractivity contribution in [3.63, 3.8) is 0 Å². The van der Waals surface area contributed by atoms with E-state index in [4.69, 9.17) is 4.74 Å². The van der Waals surface area contributed by atoms with Crippen molar-refractivity contribution in [1.82, 2.24) is 0 Å². The highest BCUT2D eigenvalue weighted by molar-refractivity contribution is 5.31. The van der Waals surface area contributed by atoms with E-state index in [0.717, 1.165) is 12.3 Å². The van der Waals surface area contributed by atoms with E-state index in [2.05, 4.69) is 19.9 Å². The van der Waals surface area contributed by atoms with E-state index in [0.29, 0.717) is 18.3 Å². The van der Waals surface area contributed by atoms with Crippen LogP contribution in [0.25, 0.3) is 0 Å². The van der Waals surface area contributed by atoms with Crippen LogP contribution in [0.4, 0.5) is 4.39 Å². The summed E-state index contributed by atoms with van der Waals surface area (Å²) in [7, 11) is 0. The van der Waals surface area contributed by atoms with Crippen molar-refractivity contribution < 1.29 is 9.13 Å². The second-order valence-corrected chi connectivity index (χ2v) is 7.81. The maximum absolute atomic E-state index is 14.4. The molecule has 0 aliphatic heterocycles. The fourth-order valence-electron chi connectivity index (χ4n) is 4.05. The fraction of sp³-hybridized carbons (Fsp3) is 0.739. The summed E-state index contributed by atoms with van der Waals surface area (Å²) in [5, 5.41) is 0. The Morgan fingerprint density at radius 2 is 1.64 bits per heavy atom. The molecule has 1 aliphatic rings. The molecule has 0 heterocycles. The molecule has 0 radical (unpaired) electrons. The fourth-order valence-corrected chi connectivity index (χ4v) is 4.05. The molecular weight excluding hydrogens is 311 g/mol. The van der Waals surface area contributed by atoms with Gasteiger partial charge in [0.1, 0.15) is 0 Å². The third kappa shape index (κ3) is 6.99. The Kier molecular flexibility index (Phi) is 9.36. The lowest BCUT2D eigenvalue weighted by Gasteiger charge is -2.29. The number of unbranched alkanes of at least 4 members (excludes halogenated alkanes) is 5. The van der Waals surface area contributed by atoms with Crippen LogP contribution in [0.3, 0.4) is 0 Å². The third-order valence-corrected chi connectivity index (χ3v) is 5.75. The molecule has 1 aromatic rings. The highest BCUT2D eigenvalue weighted by Gasteiger charge is 2.22. The van der Waals surface area contributed by atoms with Crippen LogP contribution < -0.4 is 4.74 Å². The van der Waals surface area contributed by atoms with Gasteiger partial charge in [0.05, 0.1) is 6.61 Å². The SMILES string of the molecule is CCCCCCCOc1ccc(C2CCC(CCCC)CC2)cc1F. The molecule has 0 atom stereocenters. The van der Waals surface area contributed by atoms with Gasteiger partial charge in [-0.05, 0) is 61.6 Å². The molecule has 0 unspecified atom stereocenters. The van der Waals surface area contributed by atoms with Crippen molar-refractivity contribution in [1.29, 1.82) is 0 Å². The molecule has 1 aromatic carbocycles. The number of halogens is 1. The van der Waals surface area contributed by atoms with Gasteiger partial charge >= 0.3 is 0 Å². The minimum absolute atomic E-state index is 0.181. The Morgan fingerprint density at radius 1 is 0.920 bits per heavy atom. The standard InChI is InChI=1S/C23H37FO/c1-3-5-7-8-9-17-25-23-16-15-21(18-22(23)24)20-13-11-19(12-14-20)10-6-4-2/h15-16,18-20H,3-14,17H2,1-2H3. The van der Waals surface area contributed by atoms with Crippen molar-refractivity contribution in [3.05, 3.63) is 29.6 Å². The van der Waals surface area contributed by atoms with Crippen LogP contribution in [0.15, 0.2) is 18.2 Å². The minimum Gasteiger partial charge on any atom is -0.491 e. The molecule has 0 spiro atoms. The van der Waals surface area contributed by atoms with Gasteiger partial charge < -0.3 is 4.74 Å². The van der Waals surface area contributed by atoms with Gasteiger partial charge in [0.25, 0.3) is 0 Å². The molecule has 1 nitrogen and oxygen atoms in total. The van der Waals surface area contributed by atoms with E-state index < -0.39 is 0 Å². The van der Waals surface area contributed by atoms with E-state index >= 15 is 0 Å². The van der Waals surface area contributed by atoms with Gasteiger partial charge in [-0.2, -0.15) is 0 Å². The van der Waals surface area contributed by atoms with E-state index in [1.54, 1.807) is 6.07 Å². The van der Waals surface area contributed by atoms with Crippen molar-refractivity contribution >= 4 is 0 Å². The topological polar surface area (TPSA) is 9.23 Å². The summed E-state index contributed by atoms with van der Waals surface area (Å²) in [6.07, 6.45) is 15.0. The van der Waals surface area contributed by atoms with Crippen LogP contribution in [0.1, 0.15) is 102 Å². The van der Waals surface area contributed by atoms with Crippen LogP contribution >= 0.6 is 0 Å². The summed E-state index contributed by atoms with van der Waals surface area (Å²) in [5.74, 6) is 1.68. The Labute approximate surface area is 154 Å². The van der Waals surface area contributed by atoms with Crippen molar-refractivity contribution in [2.45, 2.75) is 96.8 Å². The first-order valence-electron chi connectivity index (χ1n) is 10.7. The lowest BCUT2D eigenvalue weighted by molar-refractivity contribution is 0.288. The second-order valence-electron chi connectivity index (χ2n) is 7.81. The Balaban J connectivity index is 1.75. The van der Waals surface area contributed by atoms with Gasteiger partial charge in [0.2, 0.25) is 0 Å². The predicted molar refractivity (Wildman–Crippen MR) is 105 cm³/mol. The zero-order valence-electron chi connectivity index (χ0n) is 16.4. The largest absolute Gasteiger partial charge is 0.491 e. The molecule has 0 saturated heterocycles. The predicted octanol–water partition coefficient (Wildman–Crippen LogP) is 7.64. The van der Waals surface area contributed by atoms with Gasteiger partial charge in [0.15, 0.2) is 11.6 Å². The molecule has 1 saturated carbocycles. The van der Waals surface area contributed by atoms with Gasteiger partial charge in [0, 0.05) is 0 Å². The summed E-state index contributed by atoms with van der Waals surface area (Å²) in [5.41, 5.74) is 1.17. The Hall–Kier alpha value is -1.05.